The molecule has 28 heavy (non-hydrogen) atoms. The number of methoxy groups -OCH3 is 1. The number of benzene rings is 2. The lowest BCUT2D eigenvalue weighted by atomic mass is 10.2. The zero-order chi connectivity index (χ0) is 20.5. The first kappa shape index (κ1) is 19.6. The molecule has 0 aliphatic heterocycles. The molecule has 0 aliphatic carbocycles. The number of hydrogen-bond acceptors (Lipinski definition) is 4. The monoisotopic (exact) mass is 414 g/mol. The number of nitrogens with zero attached hydrogens (tertiary/aromatic N) is 3. The number of aromatic nitrogens is 3. The summed E-state index contributed by atoms with van der Waals surface area (Å²) in [4.78, 5) is 12.4. The summed E-state index contributed by atoms with van der Waals surface area (Å²) in [5.41, 5.74) is -2.30. The predicted octanol–water partition coefficient (Wildman–Crippen LogP) is 4.34. The summed E-state index contributed by atoms with van der Waals surface area (Å²) in [6.45, 7) is 0. The van der Waals surface area contributed by atoms with Gasteiger partial charge in [0.15, 0.2) is 11.4 Å². The molecule has 1 aromatic heterocycles. The van der Waals surface area contributed by atoms with E-state index < -0.39 is 29.3 Å². The molecule has 3 aromatic rings. The second-order valence-corrected chi connectivity index (χ2v) is 5.88. The van der Waals surface area contributed by atoms with Gasteiger partial charge in [-0.15, -0.1) is 5.10 Å². The first-order chi connectivity index (χ1) is 13.2. The highest BCUT2D eigenvalue weighted by Crippen LogP contribution is 2.33. The third kappa shape index (κ3) is 3.91. The van der Waals surface area contributed by atoms with E-state index in [9.17, 15) is 22.4 Å². The lowest BCUT2D eigenvalue weighted by Gasteiger charge is -2.11. The molecule has 2 aromatic carbocycles. The average Bonchev–Trinajstić information content (AvgIpc) is 3.08. The molecule has 0 radical (unpaired) electrons. The predicted molar refractivity (Wildman–Crippen MR) is 92.3 cm³/mol. The number of rotatable bonds is 4. The van der Waals surface area contributed by atoms with Crippen LogP contribution in [-0.2, 0) is 6.18 Å². The molecule has 1 N–H and O–H groups in total. The van der Waals surface area contributed by atoms with Crippen LogP contribution in [-0.4, -0.2) is 28.0 Å². The van der Waals surface area contributed by atoms with Gasteiger partial charge in [0.2, 0.25) is 0 Å². The van der Waals surface area contributed by atoms with E-state index in [1.165, 1.54) is 25.3 Å². The van der Waals surface area contributed by atoms with E-state index in [0.717, 1.165) is 24.3 Å². The number of alkyl halides is 3. The zero-order valence-corrected chi connectivity index (χ0v) is 14.8. The summed E-state index contributed by atoms with van der Waals surface area (Å²) in [6.07, 6.45) is -4.94. The maximum atomic E-state index is 13.6. The molecule has 0 bridgehead atoms. The standard InChI is InChI=1S/C17H11ClF4N4O2/c1-28-13-7-4-10(8-12(13)18)23-16(27)14-15(17(20,21)22)26(25-24-14)11-5-2-9(19)3-6-11/h2-8H,1H3,(H,23,27). The maximum absolute atomic E-state index is 13.6. The van der Waals surface area contributed by atoms with Crippen molar-refractivity contribution >= 4 is 23.2 Å². The average molecular weight is 415 g/mol. The van der Waals surface area contributed by atoms with E-state index in [0.29, 0.717) is 10.4 Å². The maximum Gasteiger partial charge on any atom is 0.435 e. The molecular weight excluding hydrogens is 404 g/mol. The van der Waals surface area contributed by atoms with Crippen LogP contribution in [0.3, 0.4) is 0 Å². The van der Waals surface area contributed by atoms with Gasteiger partial charge in [0, 0.05) is 5.69 Å². The van der Waals surface area contributed by atoms with Crippen molar-refractivity contribution in [2.24, 2.45) is 0 Å². The summed E-state index contributed by atoms with van der Waals surface area (Å²) in [7, 11) is 1.39. The Bertz CT molecular complexity index is 1020. The number of anilines is 1. The van der Waals surface area contributed by atoms with E-state index >= 15 is 0 Å². The van der Waals surface area contributed by atoms with Crippen molar-refractivity contribution in [3.63, 3.8) is 0 Å². The molecule has 3 rings (SSSR count). The summed E-state index contributed by atoms with van der Waals surface area (Å²) in [5, 5.41) is 9.21. The molecule has 0 unspecified atom stereocenters. The van der Waals surface area contributed by atoms with E-state index in [2.05, 4.69) is 15.6 Å². The van der Waals surface area contributed by atoms with Crippen LogP contribution in [0.4, 0.5) is 23.2 Å². The minimum absolute atomic E-state index is 0.104. The molecule has 0 aliphatic rings. The fraction of sp³-hybridized carbons (Fsp3) is 0.118. The Morgan fingerprint density at radius 3 is 2.43 bits per heavy atom. The molecule has 0 saturated carbocycles. The summed E-state index contributed by atoms with van der Waals surface area (Å²) in [5.74, 6) is -1.44. The Kier molecular flexibility index (Phi) is 5.23. The number of ether oxygens (including phenoxy) is 1. The van der Waals surface area contributed by atoms with E-state index in [1.807, 2.05) is 0 Å². The molecule has 6 nitrogen and oxygen atoms in total. The first-order valence-electron chi connectivity index (χ1n) is 7.64. The first-order valence-corrected chi connectivity index (χ1v) is 8.02. The number of carbonyl (C=O) groups excluding carboxylic acids is 1. The van der Waals surface area contributed by atoms with E-state index in [4.69, 9.17) is 16.3 Å². The van der Waals surface area contributed by atoms with Crippen LogP contribution in [0.2, 0.25) is 5.02 Å². The van der Waals surface area contributed by atoms with Crippen molar-refractivity contribution < 1.29 is 27.1 Å². The highest BCUT2D eigenvalue weighted by atomic mass is 35.5. The molecule has 0 fully saturated rings. The summed E-state index contributed by atoms with van der Waals surface area (Å²) in [6, 6.07) is 8.27. The quantitative estimate of drug-likeness (QED) is 0.645. The lowest BCUT2D eigenvalue weighted by Crippen LogP contribution is -2.21. The minimum Gasteiger partial charge on any atom is -0.495 e. The van der Waals surface area contributed by atoms with Gasteiger partial charge < -0.3 is 10.1 Å². The molecule has 0 spiro atoms. The molecule has 11 heteroatoms. The van der Waals surface area contributed by atoms with Crippen molar-refractivity contribution in [2.75, 3.05) is 12.4 Å². The highest BCUT2D eigenvalue weighted by molar-refractivity contribution is 6.32. The third-order valence-electron chi connectivity index (χ3n) is 3.63. The van der Waals surface area contributed by atoms with E-state index in [1.54, 1.807) is 0 Å². The second kappa shape index (κ2) is 7.47. The van der Waals surface area contributed by atoms with Gasteiger partial charge in [-0.05, 0) is 42.5 Å². The van der Waals surface area contributed by atoms with Gasteiger partial charge in [0.25, 0.3) is 5.91 Å². The Morgan fingerprint density at radius 1 is 1.18 bits per heavy atom. The van der Waals surface area contributed by atoms with Crippen LogP contribution < -0.4 is 10.1 Å². The van der Waals surface area contributed by atoms with Crippen molar-refractivity contribution in [1.29, 1.82) is 0 Å². The third-order valence-corrected chi connectivity index (χ3v) is 3.93. The SMILES string of the molecule is COc1ccc(NC(=O)c2nnn(-c3ccc(F)cc3)c2C(F)(F)F)cc1Cl. The Morgan fingerprint density at radius 2 is 1.86 bits per heavy atom. The van der Waals surface area contributed by atoms with Crippen LogP contribution in [0, 0.1) is 5.82 Å². The van der Waals surface area contributed by atoms with Gasteiger partial charge in [0.1, 0.15) is 11.6 Å². The van der Waals surface area contributed by atoms with Crippen molar-refractivity contribution in [3.8, 4) is 11.4 Å². The van der Waals surface area contributed by atoms with Gasteiger partial charge in [-0.2, -0.15) is 13.2 Å². The molecule has 0 saturated heterocycles. The number of amides is 1. The molecular formula is C17H11ClF4N4O2. The number of nitrogens with one attached hydrogen (secondary N) is 1. The van der Waals surface area contributed by atoms with Gasteiger partial charge in [-0.1, -0.05) is 16.8 Å². The highest BCUT2D eigenvalue weighted by Gasteiger charge is 2.42. The normalized spacial score (nSPS) is 11.4. The molecule has 0 atom stereocenters. The smallest absolute Gasteiger partial charge is 0.435 e. The summed E-state index contributed by atoms with van der Waals surface area (Å²) < 4.78 is 59.2. The van der Waals surface area contributed by atoms with Crippen molar-refractivity contribution in [3.05, 3.63) is 64.7 Å². The molecule has 1 amide bonds. The van der Waals surface area contributed by atoms with Crippen LogP contribution in [0.25, 0.3) is 5.69 Å². The summed E-state index contributed by atoms with van der Waals surface area (Å²) >= 11 is 5.94. The minimum atomic E-state index is -4.94. The Balaban J connectivity index is 1.98. The van der Waals surface area contributed by atoms with Crippen LogP contribution in [0.15, 0.2) is 42.5 Å². The molecule has 146 valence electrons. The Labute approximate surface area is 160 Å². The fourth-order valence-corrected chi connectivity index (χ4v) is 2.64. The number of carbonyl (C=O) groups is 1. The van der Waals surface area contributed by atoms with Crippen LogP contribution in [0.5, 0.6) is 5.75 Å². The number of halogens is 5. The second-order valence-electron chi connectivity index (χ2n) is 5.48. The lowest BCUT2D eigenvalue weighted by molar-refractivity contribution is -0.143. The van der Waals surface area contributed by atoms with Crippen LogP contribution >= 0.6 is 11.6 Å². The fourth-order valence-electron chi connectivity index (χ4n) is 2.39. The van der Waals surface area contributed by atoms with Crippen molar-refractivity contribution in [2.45, 2.75) is 6.18 Å². The van der Waals surface area contributed by atoms with Crippen LogP contribution in [0.1, 0.15) is 16.2 Å². The largest absolute Gasteiger partial charge is 0.495 e. The van der Waals surface area contributed by atoms with E-state index in [-0.39, 0.29) is 16.4 Å². The topological polar surface area (TPSA) is 69.0 Å². The van der Waals surface area contributed by atoms with Crippen molar-refractivity contribution in [1.82, 2.24) is 15.0 Å². The van der Waals surface area contributed by atoms with Gasteiger partial charge >= 0.3 is 6.18 Å². The Hall–Kier alpha value is -3.14. The van der Waals surface area contributed by atoms with Gasteiger partial charge in [-0.25, -0.2) is 9.07 Å². The van der Waals surface area contributed by atoms with Gasteiger partial charge in [0.05, 0.1) is 17.8 Å². The van der Waals surface area contributed by atoms with Gasteiger partial charge in [-0.3, -0.25) is 4.79 Å². The zero-order valence-electron chi connectivity index (χ0n) is 14.1. The number of hydrogen-bond donors (Lipinski definition) is 1. The molecule has 1 heterocycles.